The van der Waals surface area contributed by atoms with Gasteiger partial charge in [-0.1, -0.05) is 0 Å². The highest BCUT2D eigenvalue weighted by molar-refractivity contribution is 5.59. The van der Waals surface area contributed by atoms with Crippen molar-refractivity contribution in [3.63, 3.8) is 0 Å². The van der Waals surface area contributed by atoms with Crippen LogP contribution in [0.4, 0.5) is 11.6 Å². The minimum Gasteiger partial charge on any atom is -0.490 e. The predicted molar refractivity (Wildman–Crippen MR) is 144 cm³/mol. The number of anilines is 1. The van der Waals surface area contributed by atoms with E-state index in [0.717, 1.165) is 49.2 Å². The van der Waals surface area contributed by atoms with Crippen LogP contribution in [0.1, 0.15) is 61.0 Å². The van der Waals surface area contributed by atoms with Crippen molar-refractivity contribution in [3.8, 4) is 5.75 Å². The number of methoxy groups -OCH3 is 1. The zero-order valence-corrected chi connectivity index (χ0v) is 22.7. The van der Waals surface area contributed by atoms with Gasteiger partial charge in [0.2, 0.25) is 5.95 Å². The van der Waals surface area contributed by atoms with Crippen LogP contribution in [0.15, 0.2) is 18.2 Å². The van der Waals surface area contributed by atoms with Gasteiger partial charge in [-0.3, -0.25) is 15.0 Å². The minimum atomic E-state index is -0.267. The second kappa shape index (κ2) is 7.68. The minimum absolute atomic E-state index is 0.0366. The molecule has 5 fully saturated rings. The van der Waals surface area contributed by atoms with Gasteiger partial charge in [0.25, 0.3) is 0 Å². The van der Waals surface area contributed by atoms with E-state index >= 15 is 0 Å². The monoisotopic (exact) mass is 515 g/mol. The molecule has 2 aromatic rings. The molecule has 2 aliphatic heterocycles. The number of rotatable bonds is 5. The first-order chi connectivity index (χ1) is 18.3. The molecule has 3 heterocycles. The summed E-state index contributed by atoms with van der Waals surface area (Å²) >= 11 is 0. The highest BCUT2D eigenvalue weighted by atomic mass is 16.6. The number of benzene rings is 1. The molecule has 0 amide bonds. The Kier molecular flexibility index (Phi) is 4.68. The normalized spacial score (nSPS) is 36.7. The number of likely N-dealkylation sites (tertiary alicyclic amines) is 1. The smallest absolute Gasteiger partial charge is 0.311 e. The van der Waals surface area contributed by atoms with Crippen LogP contribution in [-0.2, 0) is 11.8 Å². The molecule has 1 aromatic carbocycles. The van der Waals surface area contributed by atoms with Gasteiger partial charge in [-0.05, 0) is 112 Å². The first-order valence-electron chi connectivity index (χ1n) is 14.5. The standard InChI is InChI=1S/C30H37N5O3/c1-17-10-18(2)32-28(31-17)34-16-21-14-29-7-6-23(34)27(21)30(29)8-9-33(15-19-4-5-19)26(29)12-20-11-24(35(36)37)25(38-3)13-22(20)30/h10-11,13,19,21,23,26-27H,4-9,12,14-16H2,1-3H3/t21-,23?,26-,27?,29-,30+/m1/s1. The number of aromatic nitrogens is 2. The van der Waals surface area contributed by atoms with Gasteiger partial charge in [0.05, 0.1) is 12.0 Å². The van der Waals surface area contributed by atoms with Crippen molar-refractivity contribution < 1.29 is 9.66 Å². The summed E-state index contributed by atoms with van der Waals surface area (Å²) in [6.07, 6.45) is 8.45. The van der Waals surface area contributed by atoms with Crippen molar-refractivity contribution in [3.05, 3.63) is 50.8 Å². The van der Waals surface area contributed by atoms with Gasteiger partial charge in [0, 0.05) is 48.0 Å². The van der Waals surface area contributed by atoms with Crippen molar-refractivity contribution in [2.75, 3.05) is 31.6 Å². The number of nitro groups is 1. The van der Waals surface area contributed by atoms with E-state index in [-0.39, 0.29) is 21.4 Å². The molecule has 4 bridgehead atoms. The highest BCUT2D eigenvalue weighted by Crippen LogP contribution is 2.75. The van der Waals surface area contributed by atoms with Crippen LogP contribution in [0.25, 0.3) is 0 Å². The van der Waals surface area contributed by atoms with Gasteiger partial charge < -0.3 is 9.64 Å². The van der Waals surface area contributed by atoms with Crippen LogP contribution in [0, 0.1) is 47.1 Å². The van der Waals surface area contributed by atoms with E-state index in [4.69, 9.17) is 14.7 Å². The zero-order chi connectivity index (χ0) is 26.0. The molecule has 0 N–H and O–H groups in total. The first-order valence-corrected chi connectivity index (χ1v) is 14.5. The fourth-order valence-corrected chi connectivity index (χ4v) is 10.4. The molecule has 1 aromatic heterocycles. The molecule has 0 radical (unpaired) electrons. The molecular formula is C30H37N5O3. The average molecular weight is 516 g/mol. The van der Waals surface area contributed by atoms with Gasteiger partial charge in [-0.25, -0.2) is 9.97 Å². The lowest BCUT2D eigenvalue weighted by molar-refractivity contribution is -0.385. The maximum absolute atomic E-state index is 12.0. The van der Waals surface area contributed by atoms with Crippen molar-refractivity contribution in [2.24, 2.45) is 23.2 Å². The van der Waals surface area contributed by atoms with Gasteiger partial charge >= 0.3 is 5.69 Å². The van der Waals surface area contributed by atoms with E-state index in [9.17, 15) is 10.1 Å². The maximum atomic E-state index is 12.0. The van der Waals surface area contributed by atoms with Gasteiger partial charge in [0.1, 0.15) is 0 Å². The molecule has 3 saturated carbocycles. The number of nitro benzene ring substituents is 1. The Hall–Kier alpha value is -2.74. The first kappa shape index (κ1) is 23.2. The second-order valence-electron chi connectivity index (χ2n) is 13.2. The molecular weight excluding hydrogens is 478 g/mol. The van der Waals surface area contributed by atoms with Crippen LogP contribution in [0.2, 0.25) is 0 Å². The largest absolute Gasteiger partial charge is 0.490 e. The van der Waals surface area contributed by atoms with Crippen molar-refractivity contribution in [1.29, 1.82) is 0 Å². The third kappa shape index (κ3) is 2.85. The Labute approximate surface area is 223 Å². The third-order valence-electron chi connectivity index (χ3n) is 11.5. The molecule has 6 aliphatic rings. The van der Waals surface area contributed by atoms with E-state index in [1.807, 2.05) is 6.07 Å². The number of aryl methyl sites for hydroxylation is 2. The molecule has 8 nitrogen and oxygen atoms in total. The Morgan fingerprint density at radius 3 is 2.63 bits per heavy atom. The van der Waals surface area contributed by atoms with Gasteiger partial charge in [0.15, 0.2) is 5.75 Å². The van der Waals surface area contributed by atoms with Gasteiger partial charge in [-0.15, -0.1) is 0 Å². The van der Waals surface area contributed by atoms with Crippen molar-refractivity contribution in [2.45, 2.75) is 76.3 Å². The molecule has 38 heavy (non-hydrogen) atoms. The molecule has 6 atom stereocenters. The molecule has 2 unspecified atom stereocenters. The zero-order valence-electron chi connectivity index (χ0n) is 22.7. The number of piperidine rings is 1. The highest BCUT2D eigenvalue weighted by Gasteiger charge is 2.76. The van der Waals surface area contributed by atoms with Crippen molar-refractivity contribution in [1.82, 2.24) is 14.9 Å². The summed E-state index contributed by atoms with van der Waals surface area (Å²) in [4.78, 5) is 26.9. The van der Waals surface area contributed by atoms with Crippen LogP contribution in [0.3, 0.4) is 0 Å². The fraction of sp³-hybridized carbons (Fsp3) is 0.667. The SMILES string of the molecule is COc1cc2c(cc1[N+](=O)[O-])C[C@H]1N(CC3CC3)CC[C@@]23C2C4CC[C@@]13C[C@@H]2CN4c1nc(C)cc(C)n1. The number of hydrogen-bond donors (Lipinski definition) is 0. The summed E-state index contributed by atoms with van der Waals surface area (Å²) in [6, 6.07) is 6.92. The quantitative estimate of drug-likeness (QED) is 0.425. The molecule has 0 spiro atoms. The van der Waals surface area contributed by atoms with Crippen LogP contribution in [0.5, 0.6) is 5.75 Å². The van der Waals surface area contributed by atoms with Crippen molar-refractivity contribution >= 4 is 11.6 Å². The molecule has 4 aliphatic carbocycles. The lowest BCUT2D eigenvalue weighted by atomic mass is 9.43. The number of nitrogens with zero attached hydrogens (tertiary/aromatic N) is 5. The van der Waals surface area contributed by atoms with Crippen LogP contribution >= 0.6 is 0 Å². The Morgan fingerprint density at radius 2 is 1.92 bits per heavy atom. The second-order valence-corrected chi connectivity index (χ2v) is 13.2. The Morgan fingerprint density at radius 1 is 1.13 bits per heavy atom. The lowest BCUT2D eigenvalue weighted by Crippen LogP contribution is -2.69. The summed E-state index contributed by atoms with van der Waals surface area (Å²) in [5, 5.41) is 12.0. The van der Waals surface area contributed by atoms with E-state index in [0.29, 0.717) is 29.7 Å². The Bertz CT molecular complexity index is 1340. The lowest BCUT2D eigenvalue weighted by Gasteiger charge is -2.66. The third-order valence-corrected chi connectivity index (χ3v) is 11.5. The average Bonchev–Trinajstić information content (AvgIpc) is 3.57. The summed E-state index contributed by atoms with van der Waals surface area (Å²) in [6.45, 7) is 7.50. The van der Waals surface area contributed by atoms with Crippen LogP contribution in [-0.4, -0.2) is 58.6 Å². The topological polar surface area (TPSA) is 84.6 Å². The number of hydrogen-bond acceptors (Lipinski definition) is 7. The molecule has 8 heteroatoms. The summed E-state index contributed by atoms with van der Waals surface area (Å²) < 4.78 is 5.66. The van der Waals surface area contributed by atoms with E-state index in [1.165, 1.54) is 49.8 Å². The molecule has 2 saturated heterocycles. The number of fused-ring (bicyclic) bond motifs is 1. The summed E-state index contributed by atoms with van der Waals surface area (Å²) in [5.41, 5.74) is 5.01. The van der Waals surface area contributed by atoms with Crippen LogP contribution < -0.4 is 9.64 Å². The maximum Gasteiger partial charge on any atom is 0.311 e. The summed E-state index contributed by atoms with van der Waals surface area (Å²) in [5.74, 6) is 3.29. The summed E-state index contributed by atoms with van der Waals surface area (Å²) in [7, 11) is 1.57. The number of ether oxygens (including phenoxy) is 1. The fourth-order valence-electron chi connectivity index (χ4n) is 10.4. The van der Waals surface area contributed by atoms with Gasteiger partial charge in [-0.2, -0.15) is 0 Å². The van der Waals surface area contributed by atoms with E-state index in [2.05, 4.69) is 35.8 Å². The Balaban J connectivity index is 1.30. The molecule has 8 rings (SSSR count). The van der Waals surface area contributed by atoms with E-state index in [1.54, 1.807) is 7.11 Å². The van der Waals surface area contributed by atoms with E-state index < -0.39 is 0 Å². The predicted octanol–water partition coefficient (Wildman–Crippen LogP) is 4.59. The molecule has 200 valence electrons.